The fraction of sp³-hybridized carbons (Fsp3) is 0.571. The molecule has 0 heterocycles. The zero-order valence-corrected chi connectivity index (χ0v) is 11.1. The Hall–Kier alpha value is -0.600. The van der Waals surface area contributed by atoms with Crippen LogP contribution >= 0.6 is 11.6 Å². The predicted molar refractivity (Wildman–Crippen MR) is 70.0 cm³/mol. The second-order valence-electron chi connectivity index (χ2n) is 5.17. The van der Waals surface area contributed by atoms with E-state index < -0.39 is 0 Å². The lowest BCUT2D eigenvalue weighted by atomic mass is 9.70. The number of nitrogens with one attached hydrogen (secondary N) is 1. The van der Waals surface area contributed by atoms with Crippen molar-refractivity contribution in [1.82, 2.24) is 5.32 Å². The number of benzene rings is 1. The molecule has 1 saturated carbocycles. The predicted octanol–water partition coefficient (Wildman–Crippen LogP) is 3.97. The van der Waals surface area contributed by atoms with Crippen LogP contribution in [-0.4, -0.2) is 12.6 Å². The molecule has 1 fully saturated rings. The smallest absolute Gasteiger partial charge is 0.123 e. The average molecular weight is 256 g/mol. The van der Waals surface area contributed by atoms with Gasteiger partial charge in [0.1, 0.15) is 5.82 Å². The first-order valence-electron chi connectivity index (χ1n) is 6.26. The Balaban J connectivity index is 2.04. The van der Waals surface area contributed by atoms with E-state index in [1.807, 2.05) is 0 Å². The molecule has 2 atom stereocenters. The van der Waals surface area contributed by atoms with Crippen molar-refractivity contribution >= 4 is 11.6 Å². The summed E-state index contributed by atoms with van der Waals surface area (Å²) in [6.07, 6.45) is 2.32. The summed E-state index contributed by atoms with van der Waals surface area (Å²) in [5.41, 5.74) is 0.980. The molecule has 1 nitrogen and oxygen atoms in total. The molecule has 0 aromatic heterocycles. The topological polar surface area (TPSA) is 12.0 Å². The van der Waals surface area contributed by atoms with Gasteiger partial charge in [-0.1, -0.05) is 25.4 Å². The van der Waals surface area contributed by atoms with Gasteiger partial charge in [0, 0.05) is 11.1 Å². The zero-order chi connectivity index (χ0) is 12.4. The molecule has 2 rings (SSSR count). The van der Waals surface area contributed by atoms with Crippen LogP contribution in [0.4, 0.5) is 4.39 Å². The quantitative estimate of drug-likeness (QED) is 0.859. The van der Waals surface area contributed by atoms with E-state index in [9.17, 15) is 4.39 Å². The van der Waals surface area contributed by atoms with Gasteiger partial charge in [0.25, 0.3) is 0 Å². The number of halogens is 2. The summed E-state index contributed by atoms with van der Waals surface area (Å²) >= 11 is 6.14. The summed E-state index contributed by atoms with van der Waals surface area (Å²) in [5.74, 6) is 0.827. The molecular formula is C14H19ClFN. The Morgan fingerprint density at radius 3 is 2.76 bits per heavy atom. The van der Waals surface area contributed by atoms with Gasteiger partial charge in [0.2, 0.25) is 0 Å². The maximum Gasteiger partial charge on any atom is 0.123 e. The highest BCUT2D eigenvalue weighted by molar-refractivity contribution is 6.31. The van der Waals surface area contributed by atoms with Gasteiger partial charge < -0.3 is 5.32 Å². The Labute approximate surface area is 107 Å². The minimum absolute atomic E-state index is 0.188. The van der Waals surface area contributed by atoms with Gasteiger partial charge in [-0.25, -0.2) is 4.39 Å². The Bertz CT molecular complexity index is 392. The molecule has 0 aliphatic heterocycles. The van der Waals surface area contributed by atoms with Crippen LogP contribution in [0.5, 0.6) is 0 Å². The minimum atomic E-state index is -0.188. The van der Waals surface area contributed by atoms with Crippen molar-refractivity contribution in [3.05, 3.63) is 34.6 Å². The largest absolute Gasteiger partial charge is 0.314 e. The van der Waals surface area contributed by atoms with Crippen molar-refractivity contribution in [3.63, 3.8) is 0 Å². The van der Waals surface area contributed by atoms with E-state index in [1.54, 1.807) is 12.1 Å². The van der Waals surface area contributed by atoms with Crippen LogP contribution in [0.25, 0.3) is 0 Å². The van der Waals surface area contributed by atoms with Gasteiger partial charge in [-0.05, 0) is 55.0 Å². The summed E-state index contributed by atoms with van der Waals surface area (Å²) in [6.45, 7) is 5.28. The van der Waals surface area contributed by atoms with Crippen molar-refractivity contribution < 1.29 is 4.39 Å². The zero-order valence-electron chi connectivity index (χ0n) is 10.3. The lowest BCUT2D eigenvalue weighted by Crippen LogP contribution is -2.36. The summed E-state index contributed by atoms with van der Waals surface area (Å²) in [6, 6.07) is 5.18. The molecule has 2 unspecified atom stereocenters. The minimum Gasteiger partial charge on any atom is -0.314 e. The molecular weight excluding hydrogens is 237 g/mol. The van der Waals surface area contributed by atoms with Gasteiger partial charge in [-0.15, -0.1) is 0 Å². The molecule has 0 saturated heterocycles. The fourth-order valence-electron chi connectivity index (χ4n) is 2.41. The van der Waals surface area contributed by atoms with Crippen LogP contribution in [-0.2, 0) is 0 Å². The summed E-state index contributed by atoms with van der Waals surface area (Å²) < 4.78 is 13.2. The van der Waals surface area contributed by atoms with Crippen molar-refractivity contribution in [1.29, 1.82) is 0 Å². The highest BCUT2D eigenvalue weighted by atomic mass is 35.5. The fourth-order valence-corrected chi connectivity index (χ4v) is 2.67. The summed E-state index contributed by atoms with van der Waals surface area (Å²) in [5, 5.41) is 4.14. The van der Waals surface area contributed by atoms with Crippen LogP contribution in [0, 0.1) is 11.7 Å². The van der Waals surface area contributed by atoms with E-state index in [-0.39, 0.29) is 5.82 Å². The molecule has 0 radical (unpaired) electrons. The van der Waals surface area contributed by atoms with Crippen molar-refractivity contribution in [2.45, 2.75) is 38.6 Å². The molecule has 1 aromatic carbocycles. The van der Waals surface area contributed by atoms with Crippen LogP contribution in [0.3, 0.4) is 0 Å². The highest BCUT2D eigenvalue weighted by Crippen LogP contribution is 2.44. The monoisotopic (exact) mass is 255 g/mol. The van der Waals surface area contributed by atoms with Crippen molar-refractivity contribution in [2.75, 3.05) is 6.54 Å². The normalized spacial score (nSPS) is 23.8. The second kappa shape index (κ2) is 5.36. The van der Waals surface area contributed by atoms with Gasteiger partial charge >= 0.3 is 0 Å². The molecule has 0 amide bonds. The van der Waals surface area contributed by atoms with Crippen LogP contribution in [0.1, 0.15) is 38.2 Å². The lowest BCUT2D eigenvalue weighted by molar-refractivity contribution is 0.240. The molecule has 94 valence electrons. The van der Waals surface area contributed by atoms with E-state index in [0.717, 1.165) is 18.5 Å². The number of hydrogen-bond acceptors (Lipinski definition) is 1. The molecule has 3 heteroatoms. The second-order valence-corrected chi connectivity index (χ2v) is 5.58. The average Bonchev–Trinajstić information content (AvgIpc) is 2.21. The van der Waals surface area contributed by atoms with Gasteiger partial charge in [-0.3, -0.25) is 0 Å². The van der Waals surface area contributed by atoms with E-state index in [0.29, 0.717) is 22.9 Å². The third kappa shape index (κ3) is 2.99. The Morgan fingerprint density at radius 1 is 1.41 bits per heavy atom. The van der Waals surface area contributed by atoms with E-state index >= 15 is 0 Å². The highest BCUT2D eigenvalue weighted by Gasteiger charge is 2.33. The molecule has 1 aromatic rings. The number of rotatable bonds is 4. The molecule has 1 aliphatic rings. The molecule has 17 heavy (non-hydrogen) atoms. The molecule has 0 spiro atoms. The van der Waals surface area contributed by atoms with Crippen molar-refractivity contribution in [3.8, 4) is 0 Å². The molecule has 1 N–H and O–H groups in total. The summed E-state index contributed by atoms with van der Waals surface area (Å²) in [4.78, 5) is 0. The first-order chi connectivity index (χ1) is 8.08. The van der Waals surface area contributed by atoms with Crippen LogP contribution in [0.2, 0.25) is 5.02 Å². The first-order valence-corrected chi connectivity index (χ1v) is 6.64. The van der Waals surface area contributed by atoms with Gasteiger partial charge in [0.05, 0.1) is 0 Å². The van der Waals surface area contributed by atoms with Crippen LogP contribution in [0.15, 0.2) is 18.2 Å². The third-order valence-electron chi connectivity index (χ3n) is 3.56. The van der Waals surface area contributed by atoms with E-state index in [1.165, 1.54) is 12.5 Å². The van der Waals surface area contributed by atoms with Gasteiger partial charge in [0.15, 0.2) is 0 Å². The Kier molecular flexibility index (Phi) is 4.05. The lowest BCUT2D eigenvalue weighted by Gasteiger charge is -2.38. The maximum absolute atomic E-state index is 13.2. The van der Waals surface area contributed by atoms with Gasteiger partial charge in [-0.2, -0.15) is 0 Å². The van der Waals surface area contributed by atoms with Crippen LogP contribution < -0.4 is 5.32 Å². The van der Waals surface area contributed by atoms with E-state index in [2.05, 4.69) is 19.2 Å². The Morgan fingerprint density at radius 2 is 2.18 bits per heavy atom. The van der Waals surface area contributed by atoms with E-state index in [4.69, 9.17) is 11.6 Å². The standard InChI is InChI=1S/C14H19ClFN/c1-9(2)17-8-10-3-5-12(10)13-7-11(16)4-6-14(13)15/h4,6-7,9-10,12,17H,3,5,8H2,1-2H3. The maximum atomic E-state index is 13.2. The molecule has 0 bridgehead atoms. The number of hydrogen-bond donors (Lipinski definition) is 1. The summed E-state index contributed by atoms with van der Waals surface area (Å²) in [7, 11) is 0. The SMILES string of the molecule is CC(C)NCC1CCC1c1cc(F)ccc1Cl. The first kappa shape index (κ1) is 12.8. The molecule has 1 aliphatic carbocycles. The third-order valence-corrected chi connectivity index (χ3v) is 3.91. The van der Waals surface area contributed by atoms with Crippen molar-refractivity contribution in [2.24, 2.45) is 5.92 Å².